The smallest absolute Gasteiger partial charge is 0.220 e. The predicted octanol–water partition coefficient (Wildman–Crippen LogP) is 2.32. The first-order chi connectivity index (χ1) is 12.9. The molecule has 1 N–H and O–H groups in total. The Labute approximate surface area is 160 Å². The monoisotopic (exact) mass is 369 g/mol. The van der Waals surface area contributed by atoms with Gasteiger partial charge in [-0.2, -0.15) is 0 Å². The van der Waals surface area contributed by atoms with Gasteiger partial charge in [0.2, 0.25) is 5.91 Å². The zero-order valence-corrected chi connectivity index (χ0v) is 16.5. The van der Waals surface area contributed by atoms with E-state index < -0.39 is 11.8 Å². The van der Waals surface area contributed by atoms with E-state index in [0.717, 1.165) is 22.3 Å². The van der Waals surface area contributed by atoms with Gasteiger partial charge < -0.3 is 10.1 Å². The van der Waals surface area contributed by atoms with E-state index in [1.54, 1.807) is 14.0 Å². The van der Waals surface area contributed by atoms with Crippen molar-refractivity contribution in [2.45, 2.75) is 46.0 Å². The van der Waals surface area contributed by atoms with Gasteiger partial charge >= 0.3 is 0 Å². The summed E-state index contributed by atoms with van der Waals surface area (Å²) in [6.07, 6.45) is 0.889. The number of hydrogen-bond donors (Lipinski definition) is 1. The van der Waals surface area contributed by atoms with Gasteiger partial charge in [-0.25, -0.2) is 0 Å². The summed E-state index contributed by atoms with van der Waals surface area (Å²) in [4.78, 5) is 37.7. The molecule has 1 aliphatic carbocycles. The van der Waals surface area contributed by atoms with E-state index in [9.17, 15) is 14.4 Å². The molecule has 1 saturated carbocycles. The number of ether oxygens (including phenoxy) is 1. The minimum atomic E-state index is -0.764. The Balaban J connectivity index is 2.24. The van der Waals surface area contributed by atoms with Gasteiger partial charge in [-0.1, -0.05) is 12.8 Å². The summed E-state index contributed by atoms with van der Waals surface area (Å²) in [7, 11) is 1.56. The number of hydrogen-bond acceptors (Lipinski definition) is 4. The second-order valence-corrected chi connectivity index (χ2v) is 6.84. The molecule has 1 aromatic rings. The first kappa shape index (κ1) is 20.9. The van der Waals surface area contributed by atoms with Crippen LogP contribution in [0.2, 0.25) is 0 Å². The van der Waals surface area contributed by atoms with Crippen LogP contribution < -0.4 is 5.32 Å². The van der Waals surface area contributed by atoms with Gasteiger partial charge in [-0.05, 0) is 49.1 Å². The van der Waals surface area contributed by atoms with Crippen LogP contribution >= 0.6 is 0 Å². The summed E-state index contributed by atoms with van der Waals surface area (Å²) < 4.78 is 4.90. The molecule has 0 radical (unpaired) electrons. The normalized spacial score (nSPS) is 19.0. The largest absolute Gasteiger partial charge is 0.383 e. The Morgan fingerprint density at radius 1 is 1.33 bits per heavy atom. The molecule has 2 atom stereocenters. The predicted molar refractivity (Wildman–Crippen MR) is 103 cm³/mol. The van der Waals surface area contributed by atoms with Crippen LogP contribution in [0.1, 0.15) is 54.9 Å². The first-order valence-electron chi connectivity index (χ1n) is 9.31. The van der Waals surface area contributed by atoms with E-state index in [2.05, 4.69) is 17.2 Å². The van der Waals surface area contributed by atoms with Crippen molar-refractivity contribution < 1.29 is 19.1 Å². The molecule has 2 unspecified atom stereocenters. The van der Waals surface area contributed by atoms with Crippen molar-refractivity contribution in [1.29, 1.82) is 0 Å². The van der Waals surface area contributed by atoms with Crippen molar-refractivity contribution in [3.63, 3.8) is 0 Å². The van der Waals surface area contributed by atoms with Crippen LogP contribution in [0.3, 0.4) is 0 Å². The average Bonchev–Trinajstić information content (AvgIpc) is 2.89. The van der Waals surface area contributed by atoms with Crippen molar-refractivity contribution in [2.24, 2.45) is 5.92 Å². The van der Waals surface area contributed by atoms with Gasteiger partial charge in [-0.3, -0.25) is 14.4 Å². The van der Waals surface area contributed by atoms with E-state index in [1.807, 2.05) is 26.0 Å². The summed E-state index contributed by atoms with van der Waals surface area (Å²) in [6.45, 7) is 6.51. The van der Waals surface area contributed by atoms with Gasteiger partial charge in [0.25, 0.3) is 0 Å². The molecule has 0 saturated heterocycles. The summed E-state index contributed by atoms with van der Waals surface area (Å²) in [5.74, 6) is 4.14. The van der Waals surface area contributed by atoms with Crippen LogP contribution in [0.4, 0.5) is 0 Å². The van der Waals surface area contributed by atoms with Gasteiger partial charge in [0.15, 0.2) is 5.78 Å². The fourth-order valence-corrected chi connectivity index (χ4v) is 3.71. The van der Waals surface area contributed by atoms with Crippen molar-refractivity contribution in [2.75, 3.05) is 20.3 Å². The fraction of sp³-hybridized carbons (Fsp3) is 0.500. The molecule has 144 valence electrons. The zero-order chi connectivity index (χ0) is 20.0. The van der Waals surface area contributed by atoms with Crippen LogP contribution in [0.25, 0.3) is 0 Å². The first-order valence-corrected chi connectivity index (χ1v) is 9.31. The molecular formula is C22H27NO4. The Morgan fingerprint density at radius 3 is 2.70 bits per heavy atom. The standard InChI is InChI=1S/C22H27NO4/c1-5-7-15-10-14(3)20(16(6-2)11-15)21-18(24)12-17(22(21)26)13-19(25)23-8-9-27-4/h10-11,17,21H,6,8-9,12-13H2,1-4H3,(H,23,25). The molecule has 1 aliphatic rings. The van der Waals surface area contributed by atoms with Crippen LogP contribution in [-0.4, -0.2) is 37.7 Å². The molecule has 0 aromatic heterocycles. The number of methoxy groups -OCH3 is 1. The number of aryl methyl sites for hydroxylation is 2. The second kappa shape index (κ2) is 9.48. The van der Waals surface area contributed by atoms with Crippen molar-refractivity contribution in [3.8, 4) is 11.8 Å². The number of Topliss-reactive ketones (excluding diaryl/α,β-unsaturated/α-hetero) is 2. The minimum Gasteiger partial charge on any atom is -0.383 e. The molecular weight excluding hydrogens is 342 g/mol. The highest BCUT2D eigenvalue weighted by atomic mass is 16.5. The zero-order valence-electron chi connectivity index (χ0n) is 16.5. The lowest BCUT2D eigenvalue weighted by Crippen LogP contribution is -2.30. The molecule has 1 aromatic carbocycles. The molecule has 5 nitrogen and oxygen atoms in total. The molecule has 2 rings (SSSR count). The lowest BCUT2D eigenvalue weighted by Gasteiger charge is -2.17. The average molecular weight is 369 g/mol. The Kier molecular flexibility index (Phi) is 7.32. The van der Waals surface area contributed by atoms with Crippen LogP contribution in [-0.2, 0) is 25.5 Å². The van der Waals surface area contributed by atoms with Crippen LogP contribution in [0, 0.1) is 24.7 Å². The Bertz CT molecular complexity index is 801. The van der Waals surface area contributed by atoms with Crippen molar-refractivity contribution in [3.05, 3.63) is 34.4 Å². The van der Waals surface area contributed by atoms with Gasteiger partial charge in [0.1, 0.15) is 11.7 Å². The van der Waals surface area contributed by atoms with E-state index in [4.69, 9.17) is 4.74 Å². The summed E-state index contributed by atoms with van der Waals surface area (Å²) >= 11 is 0. The summed E-state index contributed by atoms with van der Waals surface area (Å²) in [5, 5.41) is 2.71. The molecule has 1 fully saturated rings. The number of carbonyl (C=O) groups excluding carboxylic acids is 3. The van der Waals surface area contributed by atoms with Crippen molar-refractivity contribution >= 4 is 17.5 Å². The van der Waals surface area contributed by atoms with E-state index in [0.29, 0.717) is 19.6 Å². The summed E-state index contributed by atoms with van der Waals surface area (Å²) in [5.41, 5.74) is 3.58. The Morgan fingerprint density at radius 2 is 2.07 bits per heavy atom. The molecule has 5 heteroatoms. The molecule has 1 amide bonds. The number of amides is 1. The third kappa shape index (κ3) is 4.84. The van der Waals surface area contributed by atoms with Crippen LogP contribution in [0.15, 0.2) is 12.1 Å². The molecule has 0 spiro atoms. The number of ketones is 2. The molecule has 0 aliphatic heterocycles. The SMILES string of the molecule is CC#Cc1cc(C)c(C2C(=O)CC(CC(=O)NCCOC)C2=O)c(CC)c1. The minimum absolute atomic E-state index is 0.0463. The maximum atomic E-state index is 13.0. The highest BCUT2D eigenvalue weighted by Gasteiger charge is 2.43. The quantitative estimate of drug-likeness (QED) is 0.455. The fourth-order valence-electron chi connectivity index (χ4n) is 3.71. The van der Waals surface area contributed by atoms with E-state index in [1.165, 1.54) is 0 Å². The van der Waals surface area contributed by atoms with Crippen LogP contribution in [0.5, 0.6) is 0 Å². The molecule has 0 heterocycles. The number of benzene rings is 1. The second-order valence-electron chi connectivity index (χ2n) is 6.84. The van der Waals surface area contributed by atoms with Gasteiger partial charge in [0, 0.05) is 38.0 Å². The van der Waals surface area contributed by atoms with E-state index >= 15 is 0 Å². The Hall–Kier alpha value is -2.45. The molecule has 0 bridgehead atoms. The number of carbonyl (C=O) groups is 3. The highest BCUT2D eigenvalue weighted by Crippen LogP contribution is 2.37. The third-order valence-corrected chi connectivity index (χ3v) is 4.93. The van der Waals surface area contributed by atoms with E-state index in [-0.39, 0.29) is 30.3 Å². The van der Waals surface area contributed by atoms with Crippen molar-refractivity contribution in [1.82, 2.24) is 5.32 Å². The lowest BCUT2D eigenvalue weighted by atomic mass is 9.85. The maximum absolute atomic E-state index is 13.0. The number of rotatable bonds is 7. The number of nitrogens with one attached hydrogen (secondary N) is 1. The summed E-state index contributed by atoms with van der Waals surface area (Å²) in [6, 6.07) is 3.89. The van der Waals surface area contributed by atoms with Gasteiger partial charge in [-0.15, -0.1) is 5.92 Å². The lowest BCUT2D eigenvalue weighted by molar-refractivity contribution is -0.128. The van der Waals surface area contributed by atoms with Gasteiger partial charge in [0.05, 0.1) is 6.61 Å². The third-order valence-electron chi connectivity index (χ3n) is 4.93. The molecule has 27 heavy (non-hydrogen) atoms. The maximum Gasteiger partial charge on any atom is 0.220 e. The topological polar surface area (TPSA) is 72.5 Å². The highest BCUT2D eigenvalue weighted by molar-refractivity contribution is 6.15.